The Morgan fingerprint density at radius 2 is 2.04 bits per heavy atom. The van der Waals surface area contributed by atoms with Gasteiger partial charge in [0.2, 0.25) is 0 Å². The second kappa shape index (κ2) is 6.57. The molecule has 25 heavy (non-hydrogen) atoms. The van der Waals surface area contributed by atoms with Crippen molar-refractivity contribution in [3.8, 4) is 0 Å². The number of carbonyl (C=O) groups excluding carboxylic acids is 1. The fourth-order valence-electron chi connectivity index (χ4n) is 2.52. The van der Waals surface area contributed by atoms with Gasteiger partial charge in [0.25, 0.3) is 5.56 Å². The van der Waals surface area contributed by atoms with Crippen molar-refractivity contribution in [2.24, 2.45) is 0 Å². The molecule has 0 spiro atoms. The van der Waals surface area contributed by atoms with Crippen molar-refractivity contribution < 1.29 is 9.53 Å². The molecular formula is C16H18N4O3S2. The van der Waals surface area contributed by atoms with E-state index in [1.165, 1.54) is 22.9 Å². The molecule has 3 rings (SSSR count). The van der Waals surface area contributed by atoms with Crippen LogP contribution >= 0.6 is 22.9 Å². The average Bonchev–Trinajstić information content (AvgIpc) is 3.07. The lowest BCUT2D eigenvalue weighted by molar-refractivity contribution is 0.0320. The molecule has 1 atom stereocenters. The molecule has 0 saturated carbocycles. The van der Waals surface area contributed by atoms with Crippen LogP contribution in [0.5, 0.6) is 0 Å². The van der Waals surface area contributed by atoms with E-state index in [0.717, 1.165) is 10.4 Å². The molecule has 7 nitrogen and oxygen atoms in total. The first-order chi connectivity index (χ1) is 11.8. The van der Waals surface area contributed by atoms with Gasteiger partial charge in [-0.2, -0.15) is 4.37 Å². The van der Waals surface area contributed by atoms with Crippen LogP contribution in [-0.4, -0.2) is 27.4 Å². The molecule has 0 fully saturated rings. The lowest BCUT2D eigenvalue weighted by Gasteiger charge is -2.13. The third kappa shape index (κ3) is 3.05. The number of H-pyrrole nitrogens is 1. The zero-order chi connectivity index (χ0) is 18.3. The zero-order valence-electron chi connectivity index (χ0n) is 14.5. The van der Waals surface area contributed by atoms with E-state index in [9.17, 15) is 9.59 Å². The summed E-state index contributed by atoms with van der Waals surface area (Å²) in [5, 5.41) is 4.18. The SMILES string of the molecule is CNc1snc(C)c1C(=O)O[C@H](C)c1nc2sc(C)c(C)c2c(=O)[nH]1. The minimum Gasteiger partial charge on any atom is -0.451 e. The van der Waals surface area contributed by atoms with Crippen LogP contribution in [-0.2, 0) is 4.74 Å². The normalized spacial score (nSPS) is 12.4. The first-order valence-electron chi connectivity index (χ1n) is 7.68. The minimum absolute atomic E-state index is 0.214. The van der Waals surface area contributed by atoms with Crippen LogP contribution in [0.15, 0.2) is 4.79 Å². The number of hydrogen-bond donors (Lipinski definition) is 2. The molecule has 0 unspecified atom stereocenters. The van der Waals surface area contributed by atoms with E-state index in [1.807, 2.05) is 13.8 Å². The maximum absolute atomic E-state index is 12.5. The highest BCUT2D eigenvalue weighted by molar-refractivity contribution is 7.18. The molecule has 3 heterocycles. The van der Waals surface area contributed by atoms with Gasteiger partial charge in [0.1, 0.15) is 15.4 Å². The summed E-state index contributed by atoms with van der Waals surface area (Å²) in [6.45, 7) is 7.29. The second-order valence-corrected chi connectivity index (χ2v) is 7.66. The number of fused-ring (bicyclic) bond motifs is 1. The van der Waals surface area contributed by atoms with Crippen molar-refractivity contribution in [3.63, 3.8) is 0 Å². The molecular weight excluding hydrogens is 360 g/mol. The highest BCUT2D eigenvalue weighted by Crippen LogP contribution is 2.29. The van der Waals surface area contributed by atoms with E-state index < -0.39 is 12.1 Å². The van der Waals surface area contributed by atoms with Gasteiger partial charge < -0.3 is 15.0 Å². The smallest absolute Gasteiger partial charge is 0.343 e. The molecule has 2 N–H and O–H groups in total. The van der Waals surface area contributed by atoms with Crippen LogP contribution in [0, 0.1) is 20.8 Å². The summed E-state index contributed by atoms with van der Waals surface area (Å²) in [7, 11) is 1.72. The quantitative estimate of drug-likeness (QED) is 0.676. The first-order valence-corrected chi connectivity index (χ1v) is 9.27. The standard InChI is InChI=1S/C16H18N4O3S2/c1-6-9(4)24-15-10(6)13(21)18-12(19-15)8(3)23-16(22)11-7(2)20-25-14(11)17-5/h8,17H,1-5H3,(H,18,19,21)/t8-/m1/s1. The van der Waals surface area contributed by atoms with E-state index in [1.54, 1.807) is 20.9 Å². The highest BCUT2D eigenvalue weighted by Gasteiger charge is 2.23. The molecule has 132 valence electrons. The predicted molar refractivity (Wildman–Crippen MR) is 99.9 cm³/mol. The Morgan fingerprint density at radius 1 is 1.32 bits per heavy atom. The summed E-state index contributed by atoms with van der Waals surface area (Å²) in [6, 6.07) is 0. The summed E-state index contributed by atoms with van der Waals surface area (Å²) in [5.41, 5.74) is 1.73. The van der Waals surface area contributed by atoms with Gasteiger partial charge in [-0.3, -0.25) is 4.79 Å². The molecule has 3 aromatic heterocycles. The monoisotopic (exact) mass is 378 g/mol. The molecule has 9 heteroatoms. The third-order valence-corrected chi connectivity index (χ3v) is 6.08. The molecule has 0 aromatic carbocycles. The van der Waals surface area contributed by atoms with Crippen molar-refractivity contribution in [2.75, 3.05) is 12.4 Å². The van der Waals surface area contributed by atoms with Gasteiger partial charge in [0.05, 0.1) is 11.1 Å². The van der Waals surface area contributed by atoms with E-state index in [0.29, 0.717) is 32.3 Å². The lowest BCUT2D eigenvalue weighted by Crippen LogP contribution is -2.17. The maximum Gasteiger partial charge on any atom is 0.343 e. The summed E-state index contributed by atoms with van der Waals surface area (Å²) >= 11 is 2.66. The number of aromatic nitrogens is 3. The lowest BCUT2D eigenvalue weighted by atomic mass is 10.2. The van der Waals surface area contributed by atoms with E-state index in [4.69, 9.17) is 4.74 Å². The zero-order valence-corrected chi connectivity index (χ0v) is 16.1. The van der Waals surface area contributed by atoms with Gasteiger partial charge in [-0.1, -0.05) is 0 Å². The van der Waals surface area contributed by atoms with Crippen molar-refractivity contribution in [1.29, 1.82) is 0 Å². The number of ether oxygens (including phenoxy) is 1. The Kier molecular flexibility index (Phi) is 4.61. The van der Waals surface area contributed by atoms with Crippen LogP contribution in [0.3, 0.4) is 0 Å². The van der Waals surface area contributed by atoms with Crippen molar-refractivity contribution >= 4 is 44.1 Å². The highest BCUT2D eigenvalue weighted by atomic mass is 32.1. The van der Waals surface area contributed by atoms with Crippen LogP contribution in [0.1, 0.15) is 45.3 Å². The number of anilines is 1. The summed E-state index contributed by atoms with van der Waals surface area (Å²) in [4.78, 5) is 33.8. The van der Waals surface area contributed by atoms with Crippen molar-refractivity contribution in [3.05, 3.63) is 37.9 Å². The Balaban J connectivity index is 1.92. The molecule has 0 aliphatic carbocycles. The summed E-state index contributed by atoms with van der Waals surface area (Å²) in [5.74, 6) is -0.164. The van der Waals surface area contributed by atoms with E-state index in [-0.39, 0.29) is 5.56 Å². The number of carbonyl (C=O) groups is 1. The minimum atomic E-state index is -0.684. The van der Waals surface area contributed by atoms with Gasteiger partial charge in [-0.15, -0.1) is 11.3 Å². The number of nitrogens with one attached hydrogen (secondary N) is 2. The Bertz CT molecular complexity index is 1020. The molecule has 3 aromatic rings. The fourth-order valence-corrected chi connectivity index (χ4v) is 4.29. The number of hydrogen-bond acceptors (Lipinski definition) is 8. The van der Waals surface area contributed by atoms with Gasteiger partial charge in [0.15, 0.2) is 11.9 Å². The predicted octanol–water partition coefficient (Wildman–Crippen LogP) is 3.33. The Morgan fingerprint density at radius 3 is 2.72 bits per heavy atom. The Labute approximate surface area is 152 Å². The Hall–Kier alpha value is -2.26. The van der Waals surface area contributed by atoms with Gasteiger partial charge in [-0.05, 0) is 44.8 Å². The number of rotatable bonds is 4. The third-order valence-electron chi connectivity index (χ3n) is 4.02. The molecule has 0 aliphatic rings. The van der Waals surface area contributed by atoms with Gasteiger partial charge in [-0.25, -0.2) is 9.78 Å². The number of aromatic amines is 1. The summed E-state index contributed by atoms with van der Waals surface area (Å²) in [6.07, 6.45) is -0.684. The van der Waals surface area contributed by atoms with Crippen LogP contribution in [0.2, 0.25) is 0 Å². The van der Waals surface area contributed by atoms with Gasteiger partial charge >= 0.3 is 5.97 Å². The largest absolute Gasteiger partial charge is 0.451 e. The number of nitrogens with zero attached hydrogens (tertiary/aromatic N) is 2. The maximum atomic E-state index is 12.5. The topological polar surface area (TPSA) is 97.0 Å². The number of aryl methyl sites for hydroxylation is 3. The van der Waals surface area contributed by atoms with Crippen LogP contribution < -0.4 is 10.9 Å². The molecule has 0 aliphatic heterocycles. The second-order valence-electron chi connectivity index (χ2n) is 5.68. The average molecular weight is 378 g/mol. The first kappa shape index (κ1) is 17.6. The fraction of sp³-hybridized carbons (Fsp3) is 0.375. The number of esters is 1. The molecule has 0 saturated heterocycles. The van der Waals surface area contributed by atoms with E-state index >= 15 is 0 Å². The molecule has 0 amide bonds. The molecule has 0 bridgehead atoms. The summed E-state index contributed by atoms with van der Waals surface area (Å²) < 4.78 is 9.67. The van der Waals surface area contributed by atoms with Crippen LogP contribution in [0.25, 0.3) is 10.2 Å². The van der Waals surface area contributed by atoms with E-state index in [2.05, 4.69) is 19.7 Å². The van der Waals surface area contributed by atoms with Crippen molar-refractivity contribution in [2.45, 2.75) is 33.8 Å². The molecule has 0 radical (unpaired) electrons. The van der Waals surface area contributed by atoms with Crippen LogP contribution in [0.4, 0.5) is 5.00 Å². The van der Waals surface area contributed by atoms with Gasteiger partial charge in [0, 0.05) is 11.9 Å². The van der Waals surface area contributed by atoms with Crippen molar-refractivity contribution in [1.82, 2.24) is 14.3 Å². The number of thiophene rings is 1.